The summed E-state index contributed by atoms with van der Waals surface area (Å²) in [6.45, 7) is 0.241. The topological polar surface area (TPSA) is 29.5 Å². The lowest BCUT2D eigenvalue weighted by Crippen LogP contribution is -2.45. The zero-order valence-corrected chi connectivity index (χ0v) is 15.3. The maximum absolute atomic E-state index is 13.9. The Morgan fingerprint density at radius 1 is 1.20 bits per heavy atom. The van der Waals surface area contributed by atoms with Gasteiger partial charge in [-0.15, -0.1) is 0 Å². The number of anilines is 1. The minimum Gasteiger partial charge on any atom is -0.444 e. The molecule has 1 amide bonds. The standard InChI is InChI=1S/C20H19BrFNO2/c21-16-11-19-15(10-17(16)22)8-9-18(14-6-7-14)23(19)20(24)25-12-13-4-2-1-3-5-13/h1-5,10-11,14,18H,6-9,12H2. The van der Waals surface area contributed by atoms with E-state index in [1.54, 1.807) is 11.0 Å². The molecule has 130 valence electrons. The SMILES string of the molecule is O=C(OCc1ccccc1)N1c2cc(Br)c(F)cc2CCC1C1CC1. The number of ether oxygens (including phenoxy) is 1. The average Bonchev–Trinajstić information content (AvgIpc) is 3.46. The summed E-state index contributed by atoms with van der Waals surface area (Å²) in [5.41, 5.74) is 2.60. The van der Waals surface area contributed by atoms with Crippen LogP contribution in [0.3, 0.4) is 0 Å². The zero-order valence-electron chi connectivity index (χ0n) is 13.8. The van der Waals surface area contributed by atoms with E-state index in [1.807, 2.05) is 30.3 Å². The number of aryl methyl sites for hydroxylation is 1. The third-order valence-corrected chi connectivity index (χ3v) is 5.60. The molecule has 1 heterocycles. The molecule has 0 aromatic heterocycles. The highest BCUT2D eigenvalue weighted by molar-refractivity contribution is 9.10. The number of hydrogen-bond donors (Lipinski definition) is 0. The zero-order chi connectivity index (χ0) is 17.4. The molecule has 0 N–H and O–H groups in total. The normalized spacial score (nSPS) is 19.4. The Balaban J connectivity index is 1.60. The first-order chi connectivity index (χ1) is 12.1. The van der Waals surface area contributed by atoms with Gasteiger partial charge in [0.15, 0.2) is 0 Å². The van der Waals surface area contributed by atoms with Crippen molar-refractivity contribution in [3.8, 4) is 0 Å². The molecule has 0 bridgehead atoms. The summed E-state index contributed by atoms with van der Waals surface area (Å²) in [4.78, 5) is 14.6. The Labute approximate surface area is 154 Å². The van der Waals surface area contributed by atoms with Crippen molar-refractivity contribution >= 4 is 27.7 Å². The van der Waals surface area contributed by atoms with Crippen LogP contribution in [0.4, 0.5) is 14.9 Å². The van der Waals surface area contributed by atoms with Gasteiger partial charge in [-0.3, -0.25) is 4.90 Å². The average molecular weight is 404 g/mol. The Kier molecular flexibility index (Phi) is 4.50. The predicted molar refractivity (Wildman–Crippen MR) is 98.0 cm³/mol. The van der Waals surface area contributed by atoms with Crippen LogP contribution < -0.4 is 4.90 Å². The van der Waals surface area contributed by atoms with Crippen molar-refractivity contribution in [2.45, 2.75) is 38.3 Å². The molecule has 1 aliphatic carbocycles. The largest absolute Gasteiger partial charge is 0.444 e. The quantitative estimate of drug-likeness (QED) is 0.680. The maximum atomic E-state index is 13.9. The third kappa shape index (κ3) is 3.43. The summed E-state index contributed by atoms with van der Waals surface area (Å²) >= 11 is 3.25. The number of amides is 1. The van der Waals surface area contributed by atoms with Gasteiger partial charge in [-0.05, 0) is 70.8 Å². The lowest BCUT2D eigenvalue weighted by atomic mass is 9.93. The number of carbonyl (C=O) groups excluding carboxylic acids is 1. The number of fused-ring (bicyclic) bond motifs is 1. The second-order valence-electron chi connectivity index (χ2n) is 6.75. The first kappa shape index (κ1) is 16.6. The molecule has 0 saturated heterocycles. The van der Waals surface area contributed by atoms with Crippen molar-refractivity contribution in [1.82, 2.24) is 0 Å². The third-order valence-electron chi connectivity index (χ3n) is 4.99. The molecule has 25 heavy (non-hydrogen) atoms. The second-order valence-corrected chi connectivity index (χ2v) is 7.60. The van der Waals surface area contributed by atoms with E-state index < -0.39 is 0 Å². The van der Waals surface area contributed by atoms with Gasteiger partial charge in [0.05, 0.1) is 10.2 Å². The molecule has 1 fully saturated rings. The van der Waals surface area contributed by atoms with Gasteiger partial charge in [-0.2, -0.15) is 0 Å². The Morgan fingerprint density at radius 3 is 2.68 bits per heavy atom. The van der Waals surface area contributed by atoms with Gasteiger partial charge in [-0.1, -0.05) is 30.3 Å². The van der Waals surface area contributed by atoms with Gasteiger partial charge in [-0.25, -0.2) is 9.18 Å². The minimum absolute atomic E-state index is 0.146. The van der Waals surface area contributed by atoms with Gasteiger partial charge < -0.3 is 4.74 Å². The van der Waals surface area contributed by atoms with Crippen molar-refractivity contribution < 1.29 is 13.9 Å². The van der Waals surface area contributed by atoms with Crippen LogP contribution in [0.15, 0.2) is 46.9 Å². The Morgan fingerprint density at radius 2 is 1.96 bits per heavy atom. The van der Waals surface area contributed by atoms with Crippen LogP contribution in [-0.2, 0) is 17.8 Å². The van der Waals surface area contributed by atoms with E-state index in [1.165, 1.54) is 6.07 Å². The number of hydrogen-bond acceptors (Lipinski definition) is 2. The predicted octanol–water partition coefficient (Wildman–Crippen LogP) is 5.46. The molecule has 1 unspecified atom stereocenters. The van der Waals surface area contributed by atoms with Crippen LogP contribution in [0.5, 0.6) is 0 Å². The summed E-state index contributed by atoms with van der Waals surface area (Å²) in [6.07, 6.45) is 3.60. The summed E-state index contributed by atoms with van der Waals surface area (Å²) in [5.74, 6) is 0.238. The van der Waals surface area contributed by atoms with E-state index >= 15 is 0 Å². The van der Waals surface area contributed by atoms with E-state index in [9.17, 15) is 9.18 Å². The summed E-state index contributed by atoms with van der Waals surface area (Å²) in [7, 11) is 0. The molecule has 1 aliphatic heterocycles. The molecule has 5 heteroatoms. The molecule has 0 radical (unpaired) electrons. The number of rotatable bonds is 3. The van der Waals surface area contributed by atoms with Crippen molar-refractivity contribution in [1.29, 1.82) is 0 Å². The summed E-state index contributed by atoms with van der Waals surface area (Å²) in [6, 6.07) is 13.0. The van der Waals surface area contributed by atoms with Crippen LogP contribution >= 0.6 is 15.9 Å². The number of halogens is 2. The van der Waals surface area contributed by atoms with Gasteiger partial charge in [0.25, 0.3) is 0 Å². The summed E-state index contributed by atoms with van der Waals surface area (Å²) < 4.78 is 19.8. The molecule has 4 rings (SSSR count). The fourth-order valence-corrected chi connectivity index (χ4v) is 3.89. The molecule has 3 nitrogen and oxygen atoms in total. The smallest absolute Gasteiger partial charge is 0.414 e. The first-order valence-electron chi connectivity index (χ1n) is 8.61. The lowest BCUT2D eigenvalue weighted by Gasteiger charge is -2.37. The molecule has 2 aromatic carbocycles. The number of carbonyl (C=O) groups is 1. The van der Waals surface area contributed by atoms with E-state index in [4.69, 9.17) is 4.74 Å². The van der Waals surface area contributed by atoms with Gasteiger partial charge in [0.1, 0.15) is 12.4 Å². The summed E-state index contributed by atoms with van der Waals surface area (Å²) in [5, 5.41) is 0. The second kappa shape index (κ2) is 6.79. The van der Waals surface area contributed by atoms with E-state index in [0.29, 0.717) is 10.4 Å². The van der Waals surface area contributed by atoms with Crippen LogP contribution in [0.1, 0.15) is 30.4 Å². The highest BCUT2D eigenvalue weighted by Crippen LogP contribution is 2.44. The van der Waals surface area contributed by atoms with Crippen molar-refractivity contribution in [2.75, 3.05) is 4.90 Å². The van der Waals surface area contributed by atoms with Crippen LogP contribution in [0.25, 0.3) is 0 Å². The van der Waals surface area contributed by atoms with Crippen LogP contribution in [0.2, 0.25) is 0 Å². The molecule has 2 aromatic rings. The minimum atomic E-state index is -0.347. The fraction of sp³-hybridized carbons (Fsp3) is 0.350. The molecular formula is C20H19BrFNO2. The van der Waals surface area contributed by atoms with E-state index in [-0.39, 0.29) is 24.6 Å². The van der Waals surface area contributed by atoms with Crippen molar-refractivity contribution in [2.24, 2.45) is 5.92 Å². The molecule has 0 spiro atoms. The fourth-order valence-electron chi connectivity index (χ4n) is 3.56. The molecule has 2 aliphatic rings. The van der Waals surface area contributed by atoms with Crippen molar-refractivity contribution in [3.05, 3.63) is 63.9 Å². The monoisotopic (exact) mass is 403 g/mol. The lowest BCUT2D eigenvalue weighted by molar-refractivity contribution is 0.142. The van der Waals surface area contributed by atoms with Crippen molar-refractivity contribution in [3.63, 3.8) is 0 Å². The van der Waals surface area contributed by atoms with Gasteiger partial charge in [0.2, 0.25) is 0 Å². The maximum Gasteiger partial charge on any atom is 0.414 e. The number of benzene rings is 2. The molecule has 1 saturated carbocycles. The number of nitrogens with zero attached hydrogens (tertiary/aromatic N) is 1. The van der Waals surface area contributed by atoms with E-state index in [0.717, 1.165) is 42.5 Å². The highest BCUT2D eigenvalue weighted by Gasteiger charge is 2.41. The van der Waals surface area contributed by atoms with Gasteiger partial charge >= 0.3 is 6.09 Å². The van der Waals surface area contributed by atoms with Crippen LogP contribution in [-0.4, -0.2) is 12.1 Å². The Bertz CT molecular complexity index is 792. The molecular weight excluding hydrogens is 385 g/mol. The Hall–Kier alpha value is -1.88. The van der Waals surface area contributed by atoms with Gasteiger partial charge in [0, 0.05) is 6.04 Å². The molecule has 1 atom stereocenters. The first-order valence-corrected chi connectivity index (χ1v) is 9.40. The highest BCUT2D eigenvalue weighted by atomic mass is 79.9. The van der Waals surface area contributed by atoms with E-state index in [2.05, 4.69) is 15.9 Å². The van der Waals surface area contributed by atoms with Crippen LogP contribution in [0, 0.1) is 11.7 Å².